The molecule has 1 aromatic heterocycles. The monoisotopic (exact) mass is 410 g/mol. The van der Waals surface area contributed by atoms with Crippen molar-refractivity contribution < 1.29 is 4.79 Å². The molecule has 2 fully saturated rings. The fourth-order valence-electron chi connectivity index (χ4n) is 4.57. The number of para-hydroxylation sites is 1. The molecule has 0 aliphatic carbocycles. The molecule has 1 amide bonds. The number of hydrogen-bond acceptors (Lipinski definition) is 5. The fourth-order valence-corrected chi connectivity index (χ4v) is 5.11. The van der Waals surface area contributed by atoms with E-state index in [9.17, 15) is 4.79 Å². The summed E-state index contributed by atoms with van der Waals surface area (Å²) < 4.78 is 0. The Balaban J connectivity index is 1.38. The number of rotatable bonds is 4. The summed E-state index contributed by atoms with van der Waals surface area (Å²) in [6, 6.07) is 12.9. The normalized spacial score (nSPS) is 20.7. The van der Waals surface area contributed by atoms with E-state index in [4.69, 9.17) is 0 Å². The topological polar surface area (TPSA) is 39.7 Å². The number of pyridine rings is 1. The van der Waals surface area contributed by atoms with Gasteiger partial charge in [0.1, 0.15) is 5.03 Å². The van der Waals surface area contributed by atoms with Crippen molar-refractivity contribution in [3.63, 3.8) is 0 Å². The third kappa shape index (κ3) is 4.43. The van der Waals surface area contributed by atoms with Crippen molar-refractivity contribution in [2.45, 2.75) is 30.8 Å². The van der Waals surface area contributed by atoms with Crippen molar-refractivity contribution in [3.05, 3.63) is 53.7 Å². The van der Waals surface area contributed by atoms with Crippen LogP contribution in [0.25, 0.3) is 0 Å². The predicted octanol–water partition coefficient (Wildman–Crippen LogP) is 3.54. The van der Waals surface area contributed by atoms with Crippen molar-refractivity contribution in [1.82, 2.24) is 14.8 Å². The van der Waals surface area contributed by atoms with Gasteiger partial charge in [0.2, 0.25) is 0 Å². The Morgan fingerprint density at radius 2 is 1.86 bits per heavy atom. The van der Waals surface area contributed by atoms with Crippen LogP contribution in [0.1, 0.15) is 28.8 Å². The zero-order chi connectivity index (χ0) is 20.2. The van der Waals surface area contributed by atoms with Gasteiger partial charge in [-0.2, -0.15) is 0 Å². The van der Waals surface area contributed by atoms with E-state index in [1.807, 2.05) is 23.3 Å². The molecule has 0 spiro atoms. The van der Waals surface area contributed by atoms with Crippen LogP contribution in [0.4, 0.5) is 5.69 Å². The molecule has 4 rings (SSSR count). The maximum absolute atomic E-state index is 13.1. The Kier molecular flexibility index (Phi) is 6.40. The van der Waals surface area contributed by atoms with E-state index in [1.165, 1.54) is 17.7 Å². The van der Waals surface area contributed by atoms with Crippen LogP contribution in [0.5, 0.6) is 0 Å². The molecule has 1 aromatic carbocycles. The van der Waals surface area contributed by atoms with Crippen LogP contribution in [0.2, 0.25) is 0 Å². The highest BCUT2D eigenvalue weighted by atomic mass is 32.2. The lowest BCUT2D eigenvalue weighted by Gasteiger charge is -2.44. The second kappa shape index (κ2) is 9.18. The number of aromatic nitrogens is 1. The molecule has 2 saturated heterocycles. The molecule has 29 heavy (non-hydrogen) atoms. The molecule has 2 aliphatic rings. The zero-order valence-corrected chi connectivity index (χ0v) is 18.2. The number of piperazine rings is 1. The molecule has 0 unspecified atom stereocenters. The van der Waals surface area contributed by atoms with Crippen LogP contribution in [-0.2, 0) is 0 Å². The van der Waals surface area contributed by atoms with E-state index >= 15 is 0 Å². The summed E-state index contributed by atoms with van der Waals surface area (Å²) in [6.07, 6.45) is 5.99. The van der Waals surface area contributed by atoms with Crippen LogP contribution in [0, 0.1) is 6.92 Å². The van der Waals surface area contributed by atoms with Crippen molar-refractivity contribution in [2.75, 3.05) is 50.4 Å². The molecule has 0 saturated carbocycles. The van der Waals surface area contributed by atoms with Crippen LogP contribution < -0.4 is 4.90 Å². The fraction of sp³-hybridized carbons (Fsp3) is 0.478. The lowest BCUT2D eigenvalue weighted by Crippen LogP contribution is -2.56. The predicted molar refractivity (Wildman–Crippen MR) is 120 cm³/mol. The summed E-state index contributed by atoms with van der Waals surface area (Å²) in [7, 11) is 0. The number of hydrogen-bond donors (Lipinski definition) is 0. The Labute approximate surface area is 178 Å². The summed E-state index contributed by atoms with van der Waals surface area (Å²) in [5.41, 5.74) is 3.44. The molecule has 2 aromatic rings. The van der Waals surface area contributed by atoms with Crippen LogP contribution in [0.3, 0.4) is 0 Å². The van der Waals surface area contributed by atoms with Gasteiger partial charge in [-0.3, -0.25) is 9.69 Å². The molecule has 5 nitrogen and oxygen atoms in total. The first-order valence-electron chi connectivity index (χ1n) is 10.5. The van der Waals surface area contributed by atoms with Crippen LogP contribution in [0.15, 0.2) is 47.6 Å². The molecule has 0 bridgehead atoms. The third-order valence-corrected chi connectivity index (χ3v) is 6.88. The SMILES string of the molecule is CSc1ncccc1C(=O)N1CCC[C@@H](N2CCN(c3ccccc3C)CC2)C1. The Morgan fingerprint density at radius 3 is 2.62 bits per heavy atom. The smallest absolute Gasteiger partial charge is 0.256 e. The van der Waals surface area contributed by atoms with Crippen LogP contribution >= 0.6 is 11.8 Å². The first-order valence-corrected chi connectivity index (χ1v) is 11.7. The van der Waals surface area contributed by atoms with E-state index in [2.05, 4.69) is 46.0 Å². The number of anilines is 1. The minimum atomic E-state index is 0.130. The first-order chi connectivity index (χ1) is 14.2. The molecular formula is C23H30N4OS. The highest BCUT2D eigenvalue weighted by Gasteiger charge is 2.31. The Morgan fingerprint density at radius 1 is 1.07 bits per heavy atom. The molecule has 0 N–H and O–H groups in total. The van der Waals surface area contributed by atoms with Gasteiger partial charge in [-0.15, -0.1) is 11.8 Å². The average molecular weight is 411 g/mol. The van der Waals surface area contributed by atoms with E-state index in [1.54, 1.807) is 18.0 Å². The Bertz CT molecular complexity index is 850. The zero-order valence-electron chi connectivity index (χ0n) is 17.4. The van der Waals surface area contributed by atoms with Gasteiger partial charge >= 0.3 is 0 Å². The second-order valence-electron chi connectivity index (χ2n) is 7.92. The van der Waals surface area contributed by atoms with Crippen molar-refractivity contribution in [2.24, 2.45) is 0 Å². The van der Waals surface area contributed by atoms with Crippen molar-refractivity contribution >= 4 is 23.4 Å². The van der Waals surface area contributed by atoms with Crippen LogP contribution in [-0.4, -0.2) is 72.3 Å². The van der Waals surface area contributed by atoms with Gasteiger partial charge in [0.05, 0.1) is 5.56 Å². The van der Waals surface area contributed by atoms with Crippen molar-refractivity contribution in [1.29, 1.82) is 0 Å². The number of likely N-dealkylation sites (tertiary alicyclic amines) is 1. The highest BCUT2D eigenvalue weighted by Crippen LogP contribution is 2.25. The molecule has 3 heterocycles. The quantitative estimate of drug-likeness (QED) is 0.721. The van der Waals surface area contributed by atoms with Gasteiger partial charge in [-0.25, -0.2) is 4.98 Å². The number of amides is 1. The van der Waals surface area contributed by atoms with E-state index in [0.29, 0.717) is 6.04 Å². The van der Waals surface area contributed by atoms with Gasteiger partial charge in [0.25, 0.3) is 5.91 Å². The Hall–Kier alpha value is -2.05. The molecular weight excluding hydrogens is 380 g/mol. The number of nitrogens with zero attached hydrogens (tertiary/aromatic N) is 4. The van der Waals surface area contributed by atoms with Gasteiger partial charge < -0.3 is 9.80 Å². The molecule has 6 heteroatoms. The molecule has 154 valence electrons. The second-order valence-corrected chi connectivity index (χ2v) is 8.71. The molecule has 1 atom stereocenters. The summed E-state index contributed by atoms with van der Waals surface area (Å²) >= 11 is 1.54. The molecule has 0 radical (unpaired) electrons. The minimum absolute atomic E-state index is 0.130. The van der Waals surface area contributed by atoms with Gasteiger partial charge in [-0.05, 0) is 49.8 Å². The van der Waals surface area contributed by atoms with Gasteiger partial charge in [-0.1, -0.05) is 18.2 Å². The first kappa shape index (κ1) is 20.2. The average Bonchev–Trinajstić information content (AvgIpc) is 2.79. The largest absolute Gasteiger partial charge is 0.369 e. The summed E-state index contributed by atoms with van der Waals surface area (Å²) in [4.78, 5) is 24.6. The van der Waals surface area contributed by atoms with Crippen molar-refractivity contribution in [3.8, 4) is 0 Å². The number of carbonyl (C=O) groups is 1. The van der Waals surface area contributed by atoms with E-state index < -0.39 is 0 Å². The van der Waals surface area contributed by atoms with E-state index in [0.717, 1.165) is 56.3 Å². The summed E-state index contributed by atoms with van der Waals surface area (Å²) in [5.74, 6) is 0.130. The minimum Gasteiger partial charge on any atom is -0.369 e. The number of thioether (sulfide) groups is 1. The number of carbonyl (C=O) groups excluding carboxylic acids is 1. The molecule has 2 aliphatic heterocycles. The maximum atomic E-state index is 13.1. The lowest BCUT2D eigenvalue weighted by molar-refractivity contribution is 0.0559. The number of benzene rings is 1. The summed E-state index contributed by atoms with van der Waals surface area (Å²) in [6.45, 7) is 8.08. The van der Waals surface area contributed by atoms with Gasteiger partial charge in [0, 0.05) is 57.2 Å². The van der Waals surface area contributed by atoms with E-state index in [-0.39, 0.29) is 5.91 Å². The highest BCUT2D eigenvalue weighted by molar-refractivity contribution is 7.98. The standard InChI is InChI=1S/C23H30N4OS/c1-18-7-3-4-10-21(18)26-15-13-25(14-16-26)19-8-6-12-27(17-19)23(28)20-9-5-11-24-22(20)29-2/h3-5,7,9-11,19H,6,8,12-17H2,1-2H3/t19-/m1/s1. The van der Waals surface area contributed by atoms with Gasteiger partial charge in [0.15, 0.2) is 0 Å². The summed E-state index contributed by atoms with van der Waals surface area (Å²) in [5, 5.41) is 0.825. The number of aryl methyl sites for hydroxylation is 1. The number of piperidine rings is 1. The maximum Gasteiger partial charge on any atom is 0.256 e. The third-order valence-electron chi connectivity index (χ3n) is 6.17. The lowest BCUT2D eigenvalue weighted by atomic mass is 10.0.